The first-order valence-electron chi connectivity index (χ1n) is 9.52. The average Bonchev–Trinajstić information content (AvgIpc) is 3.23. The highest BCUT2D eigenvalue weighted by molar-refractivity contribution is 7.59. The third kappa shape index (κ3) is 3.75. The van der Waals surface area contributed by atoms with Gasteiger partial charge in [0.25, 0.3) is 0 Å². The van der Waals surface area contributed by atoms with Crippen molar-refractivity contribution in [1.82, 2.24) is 24.4 Å². The number of nitrogens with zero attached hydrogens (tertiary/aromatic N) is 6. The largest absolute Gasteiger partial charge is 0.436 e. The van der Waals surface area contributed by atoms with E-state index >= 15 is 0 Å². The predicted molar refractivity (Wildman–Crippen MR) is 115 cm³/mol. The lowest BCUT2D eigenvalue weighted by molar-refractivity contribution is -0.389. The number of nitro groups is 1. The Kier molecular flexibility index (Phi) is 5.20. The van der Waals surface area contributed by atoms with Gasteiger partial charge in [0, 0.05) is 48.4 Å². The molecule has 0 aliphatic carbocycles. The van der Waals surface area contributed by atoms with Gasteiger partial charge < -0.3 is 14.9 Å². The number of aromatic nitrogens is 4. The summed E-state index contributed by atoms with van der Waals surface area (Å²) >= 11 is 0. The van der Waals surface area contributed by atoms with Crippen molar-refractivity contribution in [2.24, 2.45) is 0 Å². The lowest BCUT2D eigenvalue weighted by Crippen LogP contribution is -2.46. The Morgan fingerprint density at radius 1 is 1.27 bits per heavy atom. The summed E-state index contributed by atoms with van der Waals surface area (Å²) in [5.41, 5.74) is 2.77. The quantitative estimate of drug-likeness (QED) is 0.467. The van der Waals surface area contributed by atoms with Gasteiger partial charge in [0.15, 0.2) is 5.82 Å². The maximum Gasteiger partial charge on any atom is 0.415 e. The van der Waals surface area contributed by atoms with Crippen molar-refractivity contribution in [3.63, 3.8) is 0 Å². The summed E-state index contributed by atoms with van der Waals surface area (Å²) in [5, 5.41) is 10.9. The highest BCUT2D eigenvalue weighted by atomic mass is 32.1. The van der Waals surface area contributed by atoms with E-state index in [2.05, 4.69) is 14.9 Å². The zero-order chi connectivity index (χ0) is 20.0. The van der Waals surface area contributed by atoms with E-state index in [0.29, 0.717) is 19.1 Å². The van der Waals surface area contributed by atoms with Crippen LogP contribution in [0, 0.1) is 10.1 Å². The monoisotopic (exact) mass is 426 g/mol. The molecule has 2 aliphatic heterocycles. The molecule has 10 heteroatoms. The fourth-order valence-electron chi connectivity index (χ4n) is 4.07. The van der Waals surface area contributed by atoms with E-state index < -0.39 is 10.5 Å². The summed E-state index contributed by atoms with van der Waals surface area (Å²) in [6.07, 6.45) is 4.21. The molecule has 0 bridgehead atoms. The predicted octanol–water partition coefficient (Wildman–Crippen LogP) is 2.57. The SMILES string of the molecule is C[C@]1(CN2CCc3nc(-c4ccccc4)ncc3C2)Cn2cc([N+](=O)[O-])nc2O1.S. The molecule has 4 heterocycles. The Hall–Kier alpha value is -2.98. The summed E-state index contributed by atoms with van der Waals surface area (Å²) in [4.78, 5) is 26.0. The van der Waals surface area contributed by atoms with Crippen LogP contribution in [0.2, 0.25) is 0 Å². The summed E-state index contributed by atoms with van der Waals surface area (Å²) in [7, 11) is 0. The van der Waals surface area contributed by atoms with Gasteiger partial charge in [0.2, 0.25) is 0 Å². The lowest BCUT2D eigenvalue weighted by atomic mass is 10.0. The number of rotatable bonds is 4. The fraction of sp³-hybridized carbons (Fsp3) is 0.350. The van der Waals surface area contributed by atoms with Gasteiger partial charge in [-0.1, -0.05) is 30.3 Å². The number of benzene rings is 1. The average molecular weight is 427 g/mol. The first kappa shape index (κ1) is 20.3. The standard InChI is InChI=1S/C20H20N6O3.H2S/c1-20(13-25-11-17(26(27)28)23-19(25)29-20)12-24-8-7-16-15(10-24)9-21-18(22-16)14-5-3-2-4-6-14;/h2-6,9,11H,7-8,10,12-13H2,1H3;1H2/t20-;/m0./s1. The maximum atomic E-state index is 10.9. The smallest absolute Gasteiger partial charge is 0.415 e. The van der Waals surface area contributed by atoms with Crippen molar-refractivity contribution in [2.75, 3.05) is 13.1 Å². The molecule has 0 radical (unpaired) electrons. The number of imidazole rings is 1. The molecule has 3 aromatic rings. The van der Waals surface area contributed by atoms with E-state index in [0.717, 1.165) is 42.2 Å². The van der Waals surface area contributed by atoms with Crippen LogP contribution in [0.5, 0.6) is 6.01 Å². The van der Waals surface area contributed by atoms with Crippen molar-refractivity contribution in [1.29, 1.82) is 0 Å². The molecule has 9 nitrogen and oxygen atoms in total. The Balaban J connectivity index is 0.00000218. The molecule has 0 spiro atoms. The van der Waals surface area contributed by atoms with Crippen molar-refractivity contribution in [3.8, 4) is 17.4 Å². The number of hydrogen-bond acceptors (Lipinski definition) is 7. The highest BCUT2D eigenvalue weighted by Crippen LogP contribution is 2.32. The second-order valence-electron chi connectivity index (χ2n) is 7.81. The summed E-state index contributed by atoms with van der Waals surface area (Å²) < 4.78 is 7.68. The van der Waals surface area contributed by atoms with E-state index in [1.165, 1.54) is 6.20 Å². The third-order valence-corrected chi connectivity index (χ3v) is 5.36. The van der Waals surface area contributed by atoms with E-state index in [9.17, 15) is 10.1 Å². The molecule has 0 amide bonds. The molecule has 0 fully saturated rings. The molecule has 0 saturated heterocycles. The molecular weight excluding hydrogens is 404 g/mol. The van der Waals surface area contributed by atoms with Gasteiger partial charge in [-0.2, -0.15) is 13.5 Å². The number of ether oxygens (including phenoxy) is 1. The first-order chi connectivity index (χ1) is 14.0. The summed E-state index contributed by atoms with van der Waals surface area (Å²) in [6, 6.07) is 10.3. The Labute approximate surface area is 180 Å². The third-order valence-electron chi connectivity index (χ3n) is 5.36. The van der Waals surface area contributed by atoms with Gasteiger partial charge >= 0.3 is 11.8 Å². The zero-order valence-corrected chi connectivity index (χ0v) is 17.5. The number of fused-ring (bicyclic) bond motifs is 2. The molecule has 2 aliphatic rings. The van der Waals surface area contributed by atoms with Crippen molar-refractivity contribution >= 4 is 19.3 Å². The molecule has 1 atom stereocenters. The molecule has 156 valence electrons. The maximum absolute atomic E-state index is 10.9. The van der Waals surface area contributed by atoms with Gasteiger partial charge in [-0.3, -0.25) is 9.47 Å². The van der Waals surface area contributed by atoms with Crippen LogP contribution in [0.4, 0.5) is 5.82 Å². The highest BCUT2D eigenvalue weighted by Gasteiger charge is 2.41. The van der Waals surface area contributed by atoms with Crippen LogP contribution < -0.4 is 4.74 Å². The van der Waals surface area contributed by atoms with E-state index in [-0.39, 0.29) is 19.3 Å². The molecule has 0 saturated carbocycles. The van der Waals surface area contributed by atoms with Crippen LogP contribution in [0.25, 0.3) is 11.4 Å². The topological polar surface area (TPSA) is 99.2 Å². The van der Waals surface area contributed by atoms with Crippen LogP contribution >= 0.6 is 13.5 Å². The van der Waals surface area contributed by atoms with Gasteiger partial charge in [0.1, 0.15) is 11.8 Å². The van der Waals surface area contributed by atoms with Crippen LogP contribution in [0.1, 0.15) is 18.2 Å². The molecule has 5 rings (SSSR count). The van der Waals surface area contributed by atoms with Crippen molar-refractivity contribution < 1.29 is 9.66 Å². The minimum atomic E-state index is -0.503. The minimum absolute atomic E-state index is 0. The van der Waals surface area contributed by atoms with Gasteiger partial charge in [-0.25, -0.2) is 9.97 Å². The van der Waals surface area contributed by atoms with Crippen LogP contribution in [0.3, 0.4) is 0 Å². The second-order valence-corrected chi connectivity index (χ2v) is 7.81. The molecular formula is C20H22N6O3S. The number of hydrogen-bond donors (Lipinski definition) is 0. The minimum Gasteiger partial charge on any atom is -0.436 e. The van der Waals surface area contributed by atoms with Crippen LogP contribution in [0.15, 0.2) is 42.7 Å². The molecule has 1 aromatic carbocycles. The summed E-state index contributed by atoms with van der Waals surface area (Å²) in [6.45, 7) is 4.88. The van der Waals surface area contributed by atoms with Crippen LogP contribution in [-0.4, -0.2) is 48.0 Å². The van der Waals surface area contributed by atoms with E-state index in [1.54, 1.807) is 4.57 Å². The second kappa shape index (κ2) is 7.69. The normalized spacial score (nSPS) is 20.0. The lowest BCUT2D eigenvalue weighted by Gasteiger charge is -2.33. The van der Waals surface area contributed by atoms with E-state index in [1.807, 2.05) is 43.5 Å². The zero-order valence-electron chi connectivity index (χ0n) is 16.5. The molecule has 2 aromatic heterocycles. The van der Waals surface area contributed by atoms with Crippen LogP contribution in [-0.2, 0) is 19.5 Å². The Morgan fingerprint density at radius 3 is 2.80 bits per heavy atom. The Bertz CT molecular complexity index is 1060. The molecule has 30 heavy (non-hydrogen) atoms. The summed E-state index contributed by atoms with van der Waals surface area (Å²) in [5.74, 6) is 0.580. The van der Waals surface area contributed by atoms with Gasteiger partial charge in [-0.05, 0) is 11.8 Å². The van der Waals surface area contributed by atoms with Gasteiger partial charge in [-0.15, -0.1) is 0 Å². The van der Waals surface area contributed by atoms with Gasteiger partial charge in [0.05, 0.1) is 12.2 Å². The van der Waals surface area contributed by atoms with Crippen molar-refractivity contribution in [2.45, 2.75) is 32.0 Å². The Morgan fingerprint density at radius 2 is 2.07 bits per heavy atom. The molecule has 0 N–H and O–H groups in total. The fourth-order valence-corrected chi connectivity index (χ4v) is 4.07. The molecule has 0 unspecified atom stereocenters. The van der Waals surface area contributed by atoms with Crippen molar-refractivity contribution in [3.05, 3.63) is 64.1 Å². The first-order valence-corrected chi connectivity index (χ1v) is 9.52. The van der Waals surface area contributed by atoms with E-state index in [4.69, 9.17) is 9.72 Å².